The number of nitrogens with two attached hydrogens (primary N) is 1. The molecular weight excluding hydrogens is 257 g/mol. The van der Waals surface area contributed by atoms with Crippen LogP contribution in [0.3, 0.4) is 0 Å². The van der Waals surface area contributed by atoms with Crippen molar-refractivity contribution in [3.8, 4) is 5.75 Å². The van der Waals surface area contributed by atoms with Gasteiger partial charge in [0, 0.05) is 11.6 Å². The summed E-state index contributed by atoms with van der Waals surface area (Å²) in [5.41, 5.74) is 6.35. The van der Waals surface area contributed by atoms with E-state index < -0.39 is 5.91 Å². The first-order chi connectivity index (χ1) is 9.65. The topological polar surface area (TPSA) is 52.3 Å². The van der Waals surface area contributed by atoms with Crippen molar-refractivity contribution in [1.82, 2.24) is 0 Å². The van der Waals surface area contributed by atoms with E-state index in [1.165, 1.54) is 12.1 Å². The molecule has 0 saturated carbocycles. The molecule has 0 fully saturated rings. The number of carbonyl (C=O) groups excluding carboxylic acids is 1. The van der Waals surface area contributed by atoms with Crippen LogP contribution in [0, 0.1) is 5.82 Å². The normalized spacial score (nSPS) is 10.7. The Bertz CT molecular complexity index is 621. The molecule has 0 heterocycles. The summed E-state index contributed by atoms with van der Waals surface area (Å²) in [6.45, 7) is 0.170. The van der Waals surface area contributed by atoms with Gasteiger partial charge in [0.15, 0.2) is 0 Å². The average molecular weight is 271 g/mol. The number of primary amides is 1. The number of ether oxygens (including phenoxy) is 1. The highest BCUT2D eigenvalue weighted by Crippen LogP contribution is 2.16. The lowest BCUT2D eigenvalue weighted by Crippen LogP contribution is -2.05. The Morgan fingerprint density at radius 1 is 1.15 bits per heavy atom. The number of rotatable bonds is 5. The van der Waals surface area contributed by atoms with Crippen molar-refractivity contribution in [3.63, 3.8) is 0 Å². The van der Waals surface area contributed by atoms with Crippen LogP contribution in [0.15, 0.2) is 54.6 Å². The van der Waals surface area contributed by atoms with Gasteiger partial charge in [-0.2, -0.15) is 0 Å². The van der Waals surface area contributed by atoms with Gasteiger partial charge in [-0.1, -0.05) is 30.3 Å². The molecule has 0 bridgehead atoms. The summed E-state index contributed by atoms with van der Waals surface area (Å²) in [4.78, 5) is 10.6. The van der Waals surface area contributed by atoms with Gasteiger partial charge < -0.3 is 10.5 Å². The van der Waals surface area contributed by atoms with Crippen LogP contribution in [0.1, 0.15) is 11.1 Å². The second kappa shape index (κ2) is 6.52. The van der Waals surface area contributed by atoms with E-state index in [9.17, 15) is 9.18 Å². The van der Waals surface area contributed by atoms with Crippen molar-refractivity contribution in [2.45, 2.75) is 6.61 Å². The molecule has 2 aromatic rings. The van der Waals surface area contributed by atoms with Crippen LogP contribution in [0.4, 0.5) is 4.39 Å². The largest absolute Gasteiger partial charge is 0.489 e. The van der Waals surface area contributed by atoms with Gasteiger partial charge in [0.05, 0.1) is 0 Å². The number of benzene rings is 2. The second-order valence-electron chi connectivity index (χ2n) is 4.18. The van der Waals surface area contributed by atoms with E-state index in [1.54, 1.807) is 48.5 Å². The quantitative estimate of drug-likeness (QED) is 0.850. The molecule has 2 aromatic carbocycles. The van der Waals surface area contributed by atoms with E-state index in [0.29, 0.717) is 11.3 Å². The maximum absolute atomic E-state index is 13.4. The van der Waals surface area contributed by atoms with Crippen molar-refractivity contribution in [3.05, 3.63) is 71.6 Å². The van der Waals surface area contributed by atoms with Crippen molar-refractivity contribution in [2.75, 3.05) is 0 Å². The van der Waals surface area contributed by atoms with E-state index in [4.69, 9.17) is 10.5 Å². The molecule has 0 unspecified atom stereocenters. The molecule has 0 radical (unpaired) electrons. The van der Waals surface area contributed by atoms with Crippen LogP contribution in [-0.2, 0) is 11.4 Å². The lowest BCUT2D eigenvalue weighted by Gasteiger charge is -2.07. The third-order valence-corrected chi connectivity index (χ3v) is 2.67. The lowest BCUT2D eigenvalue weighted by atomic mass is 10.2. The molecular formula is C16H14FNO2. The fraction of sp³-hybridized carbons (Fsp3) is 0.0625. The number of hydrogen-bond acceptors (Lipinski definition) is 2. The van der Waals surface area contributed by atoms with Gasteiger partial charge in [-0.25, -0.2) is 4.39 Å². The average Bonchev–Trinajstić information content (AvgIpc) is 2.45. The van der Waals surface area contributed by atoms with Crippen LogP contribution in [-0.4, -0.2) is 5.91 Å². The Morgan fingerprint density at radius 3 is 2.50 bits per heavy atom. The maximum Gasteiger partial charge on any atom is 0.241 e. The van der Waals surface area contributed by atoms with Gasteiger partial charge in [0.25, 0.3) is 0 Å². The van der Waals surface area contributed by atoms with Gasteiger partial charge in [-0.15, -0.1) is 0 Å². The molecule has 0 aliphatic rings. The summed E-state index contributed by atoms with van der Waals surface area (Å²) in [5.74, 6) is -0.150. The number of hydrogen-bond donors (Lipinski definition) is 1. The number of carbonyl (C=O) groups is 1. The highest BCUT2D eigenvalue weighted by Gasteiger charge is 2.01. The third-order valence-electron chi connectivity index (χ3n) is 2.67. The number of halogens is 1. The Hall–Kier alpha value is -2.62. The SMILES string of the molecule is NC(=O)/C=C/c1ccc(OCc2ccccc2F)cc1. The maximum atomic E-state index is 13.4. The monoisotopic (exact) mass is 271 g/mol. The van der Waals surface area contributed by atoms with Gasteiger partial charge >= 0.3 is 0 Å². The predicted molar refractivity (Wildman–Crippen MR) is 75.4 cm³/mol. The zero-order valence-corrected chi connectivity index (χ0v) is 10.8. The molecule has 0 aromatic heterocycles. The Balaban J connectivity index is 1.97. The van der Waals surface area contributed by atoms with Crippen LogP contribution in [0.5, 0.6) is 5.75 Å². The minimum Gasteiger partial charge on any atom is -0.489 e. The van der Waals surface area contributed by atoms with Crippen molar-refractivity contribution >= 4 is 12.0 Å². The standard InChI is InChI=1S/C16H14FNO2/c17-15-4-2-1-3-13(15)11-20-14-8-5-12(6-9-14)7-10-16(18)19/h1-10H,11H2,(H2,18,19)/b10-7+. The van der Waals surface area contributed by atoms with E-state index in [2.05, 4.69) is 0 Å². The number of amides is 1. The Kier molecular flexibility index (Phi) is 4.50. The summed E-state index contributed by atoms with van der Waals surface area (Å²) >= 11 is 0. The van der Waals surface area contributed by atoms with Gasteiger partial charge in [0.2, 0.25) is 5.91 Å². The first-order valence-electron chi connectivity index (χ1n) is 6.09. The molecule has 1 amide bonds. The summed E-state index contributed by atoms with van der Waals surface area (Å²) in [6, 6.07) is 13.6. The second-order valence-corrected chi connectivity index (χ2v) is 4.18. The molecule has 0 atom stereocenters. The zero-order valence-electron chi connectivity index (χ0n) is 10.8. The summed E-state index contributed by atoms with van der Waals surface area (Å²) in [6.07, 6.45) is 2.90. The zero-order chi connectivity index (χ0) is 14.4. The Labute approximate surface area is 116 Å². The molecule has 2 rings (SSSR count). The predicted octanol–water partition coefficient (Wildman–Crippen LogP) is 2.90. The van der Waals surface area contributed by atoms with E-state index in [0.717, 1.165) is 5.56 Å². The molecule has 0 saturated heterocycles. The smallest absolute Gasteiger partial charge is 0.241 e. The van der Waals surface area contributed by atoms with Gasteiger partial charge in [-0.3, -0.25) is 4.79 Å². The van der Waals surface area contributed by atoms with Crippen molar-refractivity contribution < 1.29 is 13.9 Å². The fourth-order valence-corrected chi connectivity index (χ4v) is 1.63. The van der Waals surface area contributed by atoms with Crippen LogP contribution in [0.2, 0.25) is 0 Å². The van der Waals surface area contributed by atoms with Crippen molar-refractivity contribution in [1.29, 1.82) is 0 Å². The first-order valence-corrected chi connectivity index (χ1v) is 6.09. The third kappa shape index (κ3) is 3.95. The highest BCUT2D eigenvalue weighted by atomic mass is 19.1. The van der Waals surface area contributed by atoms with Crippen LogP contribution >= 0.6 is 0 Å². The summed E-state index contributed by atoms with van der Waals surface area (Å²) in [5, 5.41) is 0. The highest BCUT2D eigenvalue weighted by molar-refractivity contribution is 5.90. The first kappa shape index (κ1) is 13.8. The van der Waals surface area contributed by atoms with Crippen LogP contribution in [0.25, 0.3) is 6.08 Å². The minimum absolute atomic E-state index is 0.170. The van der Waals surface area contributed by atoms with E-state index in [-0.39, 0.29) is 12.4 Å². The molecule has 0 aliphatic heterocycles. The van der Waals surface area contributed by atoms with Crippen LogP contribution < -0.4 is 10.5 Å². The minimum atomic E-state index is -0.495. The Morgan fingerprint density at radius 2 is 1.85 bits per heavy atom. The molecule has 4 heteroatoms. The summed E-state index contributed by atoms with van der Waals surface area (Å²) in [7, 11) is 0. The fourth-order valence-electron chi connectivity index (χ4n) is 1.63. The molecule has 102 valence electrons. The van der Waals surface area contributed by atoms with Gasteiger partial charge in [0.1, 0.15) is 18.2 Å². The molecule has 0 aliphatic carbocycles. The molecule has 20 heavy (non-hydrogen) atoms. The van der Waals surface area contributed by atoms with Gasteiger partial charge in [-0.05, 0) is 29.8 Å². The van der Waals surface area contributed by atoms with E-state index in [1.807, 2.05) is 0 Å². The molecule has 0 spiro atoms. The molecule has 3 nitrogen and oxygen atoms in total. The van der Waals surface area contributed by atoms with Crippen molar-refractivity contribution in [2.24, 2.45) is 5.73 Å². The lowest BCUT2D eigenvalue weighted by molar-refractivity contribution is -0.113. The van der Waals surface area contributed by atoms with E-state index >= 15 is 0 Å². The summed E-state index contributed by atoms with van der Waals surface area (Å²) < 4.78 is 18.9. The molecule has 2 N–H and O–H groups in total.